The third-order valence-electron chi connectivity index (χ3n) is 12.7. The summed E-state index contributed by atoms with van der Waals surface area (Å²) >= 11 is 0. The van der Waals surface area contributed by atoms with Crippen molar-refractivity contribution < 1.29 is 23.9 Å². The van der Waals surface area contributed by atoms with E-state index in [-0.39, 0.29) is 36.6 Å². The molecule has 4 N–H and O–H groups in total. The molecule has 0 aromatic carbocycles. The molecule has 6 rings (SSSR count). The van der Waals surface area contributed by atoms with E-state index in [1.807, 2.05) is 13.0 Å². The number of H-pyrrole nitrogens is 3. The molecule has 1 fully saturated rings. The zero-order valence-electron chi connectivity index (χ0n) is 35.2. The third kappa shape index (κ3) is 7.78. The first kappa shape index (κ1) is 40.9. The van der Waals surface area contributed by atoms with Gasteiger partial charge in [0, 0.05) is 68.6 Å². The molecule has 3 aromatic rings. The van der Waals surface area contributed by atoms with Gasteiger partial charge in [-0.15, -0.1) is 0 Å². The number of fused-ring (bicyclic) bond motifs is 7. The van der Waals surface area contributed by atoms with Crippen LogP contribution in [0.25, 0.3) is 23.8 Å². The molecule has 8 bridgehead atoms. The lowest BCUT2D eigenvalue weighted by Crippen LogP contribution is -2.25. The number of rotatable bonds is 14. The molecule has 5 heterocycles. The minimum atomic E-state index is -1.12. The van der Waals surface area contributed by atoms with Crippen LogP contribution >= 0.6 is 0 Å². The Balaban J connectivity index is 1.42. The van der Waals surface area contributed by atoms with Crippen molar-refractivity contribution in [3.8, 4) is 0 Å². The Morgan fingerprint density at radius 2 is 1.59 bits per heavy atom. The Kier molecular flexibility index (Phi) is 12.5. The van der Waals surface area contributed by atoms with Crippen LogP contribution in [-0.4, -0.2) is 46.4 Å². The summed E-state index contributed by atoms with van der Waals surface area (Å²) in [6.45, 7) is 19.6. The Labute approximate surface area is 332 Å². The number of aromatic amines is 3. The van der Waals surface area contributed by atoms with Gasteiger partial charge < -0.3 is 29.7 Å². The molecule has 3 aliphatic rings. The number of hydrogen-bond acceptors (Lipinski definition) is 6. The van der Waals surface area contributed by atoms with E-state index in [0.717, 1.165) is 76.3 Å². The van der Waals surface area contributed by atoms with Gasteiger partial charge in [-0.3, -0.25) is 14.4 Å². The summed E-state index contributed by atoms with van der Waals surface area (Å²) in [5.74, 6) is -1.79. The van der Waals surface area contributed by atoms with Crippen LogP contribution in [0.4, 0.5) is 0 Å². The number of nitrogens with one attached hydrogen (secondary N) is 4. The maximum Gasteiger partial charge on any atom is 0.321 e. The monoisotopic (exact) mass is 762 g/mol. The topological polar surface area (TPSA) is 129 Å². The number of carbonyl (C=O) groups excluding carboxylic acids is 3. The molecule has 9 heteroatoms. The summed E-state index contributed by atoms with van der Waals surface area (Å²) < 4.78 is 11.0. The standard InChI is InChI=1S/C47H62N4O5/c1-11-15-25(4)16-14-17-26(5)20-21-56-40(52)19-18-33-29(8)36-22-34-27(6)31(12-2)38(48-34)23-35-28(7)32(13-3)39(49-35)24-37-30(9)41-45(51-37)42(44(33)50-36)43(46(41)53)47(54)55-10/h20,22-25,29,33,43,48-51H,11-19,21H2,1-10H3/b26-20-,35-23-,36-22-,39-24-,44-42-/t25-,29+,33+,43-/m1/s1. The second-order valence-electron chi connectivity index (χ2n) is 16.3. The van der Waals surface area contributed by atoms with Crippen LogP contribution < -0.4 is 16.0 Å². The van der Waals surface area contributed by atoms with Crippen LogP contribution in [0.2, 0.25) is 0 Å². The van der Waals surface area contributed by atoms with Crippen LogP contribution in [0, 0.1) is 44.4 Å². The molecular formula is C47H62N4O5. The van der Waals surface area contributed by atoms with Gasteiger partial charge in [0.1, 0.15) is 12.5 Å². The molecular weight excluding hydrogens is 701 g/mol. The average molecular weight is 763 g/mol. The van der Waals surface area contributed by atoms with Gasteiger partial charge in [-0.1, -0.05) is 59.5 Å². The molecule has 0 radical (unpaired) electrons. The number of hydrogen-bond donors (Lipinski definition) is 4. The zero-order chi connectivity index (χ0) is 40.4. The molecule has 0 amide bonds. The quantitative estimate of drug-likeness (QED) is 0.0746. The molecule has 9 nitrogen and oxygen atoms in total. The predicted molar refractivity (Wildman–Crippen MR) is 224 cm³/mol. The van der Waals surface area contributed by atoms with Gasteiger partial charge in [-0.2, -0.15) is 0 Å². The van der Waals surface area contributed by atoms with E-state index in [9.17, 15) is 14.4 Å². The van der Waals surface area contributed by atoms with Crippen molar-refractivity contribution in [2.45, 2.75) is 120 Å². The van der Waals surface area contributed by atoms with Crippen molar-refractivity contribution in [2.75, 3.05) is 13.7 Å². The minimum absolute atomic E-state index is 0.0575. The fourth-order valence-electron chi connectivity index (χ4n) is 9.32. The highest BCUT2D eigenvalue weighted by Crippen LogP contribution is 2.48. The van der Waals surface area contributed by atoms with Crippen LogP contribution in [0.1, 0.15) is 147 Å². The molecule has 4 atom stereocenters. The molecule has 56 heavy (non-hydrogen) atoms. The van der Waals surface area contributed by atoms with E-state index < -0.39 is 11.9 Å². The molecule has 300 valence electrons. The third-order valence-corrected chi connectivity index (χ3v) is 12.7. The second-order valence-corrected chi connectivity index (χ2v) is 16.3. The summed E-state index contributed by atoms with van der Waals surface area (Å²) in [6.07, 6.45) is 16.7. The van der Waals surface area contributed by atoms with E-state index in [0.29, 0.717) is 23.3 Å². The van der Waals surface area contributed by atoms with Gasteiger partial charge in [0.2, 0.25) is 0 Å². The fourth-order valence-corrected chi connectivity index (χ4v) is 9.32. The fraction of sp³-hybridized carbons (Fsp3) is 0.511. The largest absolute Gasteiger partial charge is 0.468 e. The minimum Gasteiger partial charge on any atom is -0.468 e. The van der Waals surface area contributed by atoms with Crippen molar-refractivity contribution in [3.05, 3.63) is 89.9 Å². The number of allylic oxidation sites excluding steroid dienone is 3. The van der Waals surface area contributed by atoms with Crippen molar-refractivity contribution in [3.63, 3.8) is 0 Å². The number of carbonyl (C=O) groups is 3. The molecule has 3 aromatic heterocycles. The Morgan fingerprint density at radius 1 is 0.875 bits per heavy atom. The van der Waals surface area contributed by atoms with Gasteiger partial charge in [0.15, 0.2) is 5.78 Å². The summed E-state index contributed by atoms with van der Waals surface area (Å²) in [4.78, 5) is 52.2. The molecule has 0 unspecified atom stereocenters. The van der Waals surface area contributed by atoms with E-state index in [1.165, 1.54) is 54.2 Å². The van der Waals surface area contributed by atoms with Crippen LogP contribution in [0.3, 0.4) is 0 Å². The molecule has 0 saturated carbocycles. The lowest BCUT2D eigenvalue weighted by molar-refractivity contribution is -0.143. The SMILES string of the molecule is CCC[C@@H](C)CCC/C(C)=C\COC(=O)CC[C@@H]1/C2=C3/c4[nH]c(c(C)c4C(=O)[C@@H]3C(=O)OC)/C=c3\[nH]/c(c(C)c3CC)=C\c3[nH]c(c(C)c3CC)/C=C(\N2)[C@H]1C. The van der Waals surface area contributed by atoms with Crippen LogP contribution in [0.15, 0.2) is 23.0 Å². The number of esters is 2. The van der Waals surface area contributed by atoms with Gasteiger partial charge in [0.05, 0.1) is 12.8 Å². The van der Waals surface area contributed by atoms with Gasteiger partial charge in [-0.05, 0) is 118 Å². The first-order chi connectivity index (χ1) is 26.8. The van der Waals surface area contributed by atoms with E-state index >= 15 is 0 Å². The van der Waals surface area contributed by atoms with E-state index in [4.69, 9.17) is 9.47 Å². The number of ether oxygens (including phenoxy) is 2. The summed E-state index contributed by atoms with van der Waals surface area (Å²) in [5, 5.41) is 5.74. The number of methoxy groups -OCH3 is 1. The molecule has 0 spiro atoms. The zero-order valence-corrected chi connectivity index (χ0v) is 35.2. The van der Waals surface area contributed by atoms with Gasteiger partial charge >= 0.3 is 11.9 Å². The predicted octanol–water partition coefficient (Wildman–Crippen LogP) is 8.16. The summed E-state index contributed by atoms with van der Waals surface area (Å²) in [7, 11) is 1.33. The van der Waals surface area contributed by atoms with E-state index in [2.05, 4.69) is 93.9 Å². The molecule has 2 aliphatic heterocycles. The molecule has 1 saturated heterocycles. The van der Waals surface area contributed by atoms with Crippen LogP contribution in [0.5, 0.6) is 0 Å². The van der Waals surface area contributed by atoms with Crippen molar-refractivity contribution in [1.82, 2.24) is 20.3 Å². The lowest BCUT2D eigenvalue weighted by Gasteiger charge is -2.19. The highest BCUT2D eigenvalue weighted by Gasteiger charge is 2.48. The number of aromatic nitrogens is 3. The first-order valence-corrected chi connectivity index (χ1v) is 20.8. The Hall–Kier alpha value is -4.79. The van der Waals surface area contributed by atoms with Crippen LogP contribution in [-0.2, 0) is 31.9 Å². The summed E-state index contributed by atoms with van der Waals surface area (Å²) in [6, 6.07) is 0. The average Bonchev–Trinajstić information content (AvgIpc) is 3.91. The normalized spacial score (nSPS) is 22.8. The Morgan fingerprint density at radius 3 is 2.29 bits per heavy atom. The van der Waals surface area contributed by atoms with E-state index in [1.54, 1.807) is 0 Å². The number of ketones is 1. The number of Topliss-reactive ketones (excluding diaryl/α,β-unsaturated/α-hetero) is 1. The highest BCUT2D eigenvalue weighted by molar-refractivity contribution is 6.24. The maximum absolute atomic E-state index is 14.3. The van der Waals surface area contributed by atoms with Crippen molar-refractivity contribution in [2.24, 2.45) is 23.7 Å². The first-order valence-electron chi connectivity index (χ1n) is 20.8. The summed E-state index contributed by atoms with van der Waals surface area (Å²) in [5.41, 5.74) is 13.2. The van der Waals surface area contributed by atoms with Crippen molar-refractivity contribution in [1.29, 1.82) is 0 Å². The smallest absolute Gasteiger partial charge is 0.321 e. The Bertz CT molecular complexity index is 2240. The van der Waals surface area contributed by atoms with Crippen molar-refractivity contribution >= 4 is 41.5 Å². The van der Waals surface area contributed by atoms with Gasteiger partial charge in [-0.25, -0.2) is 0 Å². The maximum atomic E-state index is 14.3. The second kappa shape index (κ2) is 17.1. The highest BCUT2D eigenvalue weighted by atomic mass is 16.5. The molecule has 1 aliphatic carbocycles. The van der Waals surface area contributed by atoms with Gasteiger partial charge in [0.25, 0.3) is 0 Å². The lowest BCUT2D eigenvalue weighted by atomic mass is 9.85.